The molecule has 0 fully saturated rings. The van der Waals surface area contributed by atoms with E-state index in [2.05, 4.69) is 17.2 Å². The van der Waals surface area contributed by atoms with E-state index in [1.807, 2.05) is 26.8 Å². The van der Waals surface area contributed by atoms with Gasteiger partial charge in [0.2, 0.25) is 0 Å². The fourth-order valence-corrected chi connectivity index (χ4v) is 1.39. The highest BCUT2D eigenvalue weighted by Crippen LogP contribution is 2.13. The molecule has 0 saturated heterocycles. The quantitative estimate of drug-likeness (QED) is 0.577. The number of rotatable bonds is 2. The number of nitrogens with one attached hydrogen (secondary N) is 1. The molecular weight excluding hydrogens is 189 g/mol. The minimum absolute atomic E-state index is 0.225. The summed E-state index contributed by atoms with van der Waals surface area (Å²) in [6, 6.07) is 3.46. The van der Waals surface area contributed by atoms with Crippen molar-refractivity contribution in [3.63, 3.8) is 0 Å². The van der Waals surface area contributed by atoms with Gasteiger partial charge in [-0.3, -0.25) is 0 Å². The Hall–Kier alpha value is -1.33. The van der Waals surface area contributed by atoms with Gasteiger partial charge in [-0.1, -0.05) is 24.8 Å². The van der Waals surface area contributed by atoms with Gasteiger partial charge in [-0.25, -0.2) is 4.39 Å². The summed E-state index contributed by atoms with van der Waals surface area (Å²) in [4.78, 5) is 0. The molecule has 0 unspecified atom stereocenters. The van der Waals surface area contributed by atoms with Crippen molar-refractivity contribution in [1.29, 1.82) is 0 Å². The second-order valence-corrected chi connectivity index (χ2v) is 3.52. The molecule has 2 heteroatoms. The van der Waals surface area contributed by atoms with Crippen molar-refractivity contribution in [1.82, 2.24) is 5.32 Å². The summed E-state index contributed by atoms with van der Waals surface area (Å²) in [6.45, 7) is 7.26. The molecule has 0 amide bonds. The highest BCUT2D eigenvalue weighted by molar-refractivity contribution is 5.43. The summed E-state index contributed by atoms with van der Waals surface area (Å²) in [5.41, 5.74) is 2.34. The topological polar surface area (TPSA) is 12.0 Å². The first-order valence-electron chi connectivity index (χ1n) is 5.11. The van der Waals surface area contributed by atoms with E-state index in [1.165, 1.54) is 6.07 Å². The Morgan fingerprint density at radius 2 is 2.07 bits per heavy atom. The molecule has 80 valence electrons. The summed E-state index contributed by atoms with van der Waals surface area (Å²) in [6.07, 6.45) is 0. The fourth-order valence-electron chi connectivity index (χ4n) is 1.39. The van der Waals surface area contributed by atoms with Gasteiger partial charge in [0.15, 0.2) is 0 Å². The molecule has 0 aromatic heterocycles. The third-order valence-corrected chi connectivity index (χ3v) is 2.11. The van der Waals surface area contributed by atoms with Crippen molar-refractivity contribution in [2.75, 3.05) is 13.1 Å². The molecule has 15 heavy (non-hydrogen) atoms. The van der Waals surface area contributed by atoms with Gasteiger partial charge in [-0.15, -0.1) is 0 Å². The van der Waals surface area contributed by atoms with Crippen LogP contribution in [-0.2, 0) is 0 Å². The second kappa shape index (κ2) is 5.53. The molecule has 1 aromatic carbocycles. The molecular formula is C13H16FN. The van der Waals surface area contributed by atoms with Gasteiger partial charge in [0.1, 0.15) is 5.82 Å². The highest BCUT2D eigenvalue weighted by atomic mass is 19.1. The molecule has 1 aromatic rings. The van der Waals surface area contributed by atoms with E-state index in [9.17, 15) is 4.39 Å². The van der Waals surface area contributed by atoms with Gasteiger partial charge in [0.25, 0.3) is 0 Å². The van der Waals surface area contributed by atoms with Crippen LogP contribution in [0.4, 0.5) is 4.39 Å². The first-order valence-corrected chi connectivity index (χ1v) is 5.11. The van der Waals surface area contributed by atoms with Crippen molar-refractivity contribution < 1.29 is 4.39 Å². The molecule has 0 aliphatic rings. The van der Waals surface area contributed by atoms with Crippen molar-refractivity contribution in [3.05, 3.63) is 34.6 Å². The number of hydrogen-bond donors (Lipinski definition) is 1. The van der Waals surface area contributed by atoms with Gasteiger partial charge in [-0.2, -0.15) is 0 Å². The zero-order chi connectivity index (χ0) is 11.3. The first kappa shape index (κ1) is 11.7. The van der Waals surface area contributed by atoms with Gasteiger partial charge in [0, 0.05) is 0 Å². The van der Waals surface area contributed by atoms with Gasteiger partial charge >= 0.3 is 0 Å². The van der Waals surface area contributed by atoms with E-state index in [1.54, 1.807) is 0 Å². The SMILES string of the molecule is CCNCC#Cc1c(C)cc(C)cc1F. The van der Waals surface area contributed by atoms with Crippen LogP contribution in [0, 0.1) is 31.5 Å². The van der Waals surface area contributed by atoms with Crippen LogP contribution in [0.3, 0.4) is 0 Å². The zero-order valence-electron chi connectivity index (χ0n) is 9.45. The third kappa shape index (κ3) is 3.38. The van der Waals surface area contributed by atoms with Gasteiger partial charge in [-0.05, 0) is 37.6 Å². The van der Waals surface area contributed by atoms with Crippen LogP contribution in [0.15, 0.2) is 12.1 Å². The summed E-state index contributed by atoms with van der Waals surface area (Å²) >= 11 is 0. The number of hydrogen-bond acceptors (Lipinski definition) is 1. The Kier molecular flexibility index (Phi) is 4.33. The van der Waals surface area contributed by atoms with Crippen molar-refractivity contribution in [2.45, 2.75) is 20.8 Å². The van der Waals surface area contributed by atoms with Crippen molar-refractivity contribution >= 4 is 0 Å². The van der Waals surface area contributed by atoms with E-state index in [0.29, 0.717) is 12.1 Å². The summed E-state index contributed by atoms with van der Waals surface area (Å²) in [5, 5.41) is 3.07. The van der Waals surface area contributed by atoms with Crippen LogP contribution in [-0.4, -0.2) is 13.1 Å². The normalized spacial score (nSPS) is 9.60. The maximum atomic E-state index is 13.5. The molecule has 0 radical (unpaired) electrons. The van der Waals surface area contributed by atoms with Gasteiger partial charge < -0.3 is 5.32 Å². The lowest BCUT2D eigenvalue weighted by atomic mass is 10.1. The minimum atomic E-state index is -0.225. The number of aryl methyl sites for hydroxylation is 2. The average Bonchev–Trinajstić information content (AvgIpc) is 2.15. The molecule has 0 bridgehead atoms. The average molecular weight is 205 g/mol. The maximum Gasteiger partial charge on any atom is 0.139 e. The Morgan fingerprint density at radius 1 is 1.33 bits per heavy atom. The molecule has 0 spiro atoms. The van der Waals surface area contributed by atoms with E-state index in [0.717, 1.165) is 17.7 Å². The standard InChI is InChI=1S/C13H16FN/c1-4-15-7-5-6-12-11(3)8-10(2)9-13(12)14/h8-9,15H,4,7H2,1-3H3. The van der Waals surface area contributed by atoms with Crippen molar-refractivity contribution in [2.24, 2.45) is 0 Å². The lowest BCUT2D eigenvalue weighted by Crippen LogP contribution is -2.12. The first-order chi connectivity index (χ1) is 7.15. The predicted octanol–water partition coefficient (Wildman–Crippen LogP) is 2.40. The monoisotopic (exact) mass is 205 g/mol. The molecule has 1 nitrogen and oxygen atoms in total. The van der Waals surface area contributed by atoms with Gasteiger partial charge in [0.05, 0.1) is 12.1 Å². The second-order valence-electron chi connectivity index (χ2n) is 3.52. The largest absolute Gasteiger partial charge is 0.306 e. The van der Waals surface area contributed by atoms with Crippen LogP contribution in [0.2, 0.25) is 0 Å². The summed E-state index contributed by atoms with van der Waals surface area (Å²) in [7, 11) is 0. The van der Waals surface area contributed by atoms with E-state index in [4.69, 9.17) is 0 Å². The molecule has 1 rings (SSSR count). The molecule has 1 N–H and O–H groups in total. The van der Waals surface area contributed by atoms with Crippen molar-refractivity contribution in [3.8, 4) is 11.8 Å². The third-order valence-electron chi connectivity index (χ3n) is 2.11. The summed E-state index contributed by atoms with van der Waals surface area (Å²) < 4.78 is 13.5. The van der Waals surface area contributed by atoms with Crippen LogP contribution >= 0.6 is 0 Å². The Labute approximate surface area is 90.7 Å². The molecule has 0 atom stereocenters. The van der Waals surface area contributed by atoms with E-state index in [-0.39, 0.29) is 5.82 Å². The maximum absolute atomic E-state index is 13.5. The van der Waals surface area contributed by atoms with Crippen LogP contribution < -0.4 is 5.32 Å². The smallest absolute Gasteiger partial charge is 0.139 e. The van der Waals surface area contributed by atoms with E-state index >= 15 is 0 Å². The highest BCUT2D eigenvalue weighted by Gasteiger charge is 2.03. The lowest BCUT2D eigenvalue weighted by molar-refractivity contribution is 0.621. The number of benzene rings is 1. The molecule has 0 aliphatic carbocycles. The molecule has 0 aliphatic heterocycles. The predicted molar refractivity (Wildman–Crippen MR) is 61.3 cm³/mol. The number of halogens is 1. The fraction of sp³-hybridized carbons (Fsp3) is 0.385. The molecule has 0 saturated carbocycles. The zero-order valence-corrected chi connectivity index (χ0v) is 9.45. The Bertz CT molecular complexity index is 376. The Balaban J connectivity index is 2.88. The minimum Gasteiger partial charge on any atom is -0.306 e. The lowest BCUT2D eigenvalue weighted by Gasteiger charge is -2.01. The van der Waals surface area contributed by atoms with Crippen LogP contribution in [0.5, 0.6) is 0 Å². The van der Waals surface area contributed by atoms with Crippen LogP contribution in [0.25, 0.3) is 0 Å². The Morgan fingerprint density at radius 3 is 2.67 bits per heavy atom. The van der Waals surface area contributed by atoms with E-state index < -0.39 is 0 Å². The molecule has 0 heterocycles. The summed E-state index contributed by atoms with van der Waals surface area (Å²) in [5.74, 6) is 5.53. The van der Waals surface area contributed by atoms with Crippen LogP contribution in [0.1, 0.15) is 23.6 Å².